The van der Waals surface area contributed by atoms with E-state index in [2.05, 4.69) is 17.5 Å². The predicted molar refractivity (Wildman–Crippen MR) is 55.4 cm³/mol. The highest BCUT2D eigenvalue weighted by Gasteiger charge is 2.09. The van der Waals surface area contributed by atoms with E-state index in [1.807, 2.05) is 0 Å². The summed E-state index contributed by atoms with van der Waals surface area (Å²) in [5, 5.41) is 3.29. The fourth-order valence-corrected chi connectivity index (χ4v) is 1.70. The Bertz CT molecular complexity index is 366. The van der Waals surface area contributed by atoms with Gasteiger partial charge in [0.25, 0.3) is 0 Å². The van der Waals surface area contributed by atoms with E-state index in [4.69, 9.17) is 0 Å². The maximum Gasteiger partial charge on any atom is 0.159 e. The van der Waals surface area contributed by atoms with E-state index in [1.54, 1.807) is 6.07 Å². The fourth-order valence-electron chi connectivity index (χ4n) is 1.70. The molecule has 0 atom stereocenters. The van der Waals surface area contributed by atoms with Crippen LogP contribution < -0.4 is 5.32 Å². The molecule has 15 heavy (non-hydrogen) atoms. The highest BCUT2D eigenvalue weighted by molar-refractivity contribution is 5.17. The summed E-state index contributed by atoms with van der Waals surface area (Å²) in [6, 6.07) is 4.45. The summed E-state index contributed by atoms with van der Waals surface area (Å²) in [6.45, 7) is 0.587. The average Bonchev–Trinajstić information content (AvgIpc) is 2.73. The smallest absolute Gasteiger partial charge is 0.159 e. The molecule has 0 saturated carbocycles. The van der Waals surface area contributed by atoms with Crippen molar-refractivity contribution in [2.24, 2.45) is 0 Å². The van der Waals surface area contributed by atoms with Gasteiger partial charge >= 0.3 is 0 Å². The SMILES string of the molecule is Fc1ccc(CNC2CC=CC2)cc1F. The third-order valence-corrected chi connectivity index (χ3v) is 2.59. The number of rotatable bonds is 3. The lowest BCUT2D eigenvalue weighted by atomic mass is 10.2. The van der Waals surface area contributed by atoms with Crippen molar-refractivity contribution in [3.63, 3.8) is 0 Å². The van der Waals surface area contributed by atoms with Crippen molar-refractivity contribution >= 4 is 0 Å². The van der Waals surface area contributed by atoms with E-state index in [-0.39, 0.29) is 0 Å². The van der Waals surface area contributed by atoms with Gasteiger partial charge in [0.1, 0.15) is 0 Å². The number of benzene rings is 1. The van der Waals surface area contributed by atoms with Crippen LogP contribution >= 0.6 is 0 Å². The van der Waals surface area contributed by atoms with Crippen molar-refractivity contribution in [2.75, 3.05) is 0 Å². The van der Waals surface area contributed by atoms with Crippen LogP contribution in [0.1, 0.15) is 18.4 Å². The molecule has 1 aromatic rings. The highest BCUT2D eigenvalue weighted by atomic mass is 19.2. The molecule has 1 aliphatic carbocycles. The van der Waals surface area contributed by atoms with Gasteiger partial charge in [0.15, 0.2) is 11.6 Å². The van der Waals surface area contributed by atoms with E-state index in [1.165, 1.54) is 12.1 Å². The standard InChI is InChI=1S/C12H13F2N/c13-11-6-5-9(7-12(11)14)8-15-10-3-1-2-4-10/h1-2,5-7,10,15H,3-4,8H2. The first kappa shape index (κ1) is 10.3. The molecular weight excluding hydrogens is 196 g/mol. The minimum absolute atomic E-state index is 0.443. The molecule has 0 unspecified atom stereocenters. The second-order valence-corrected chi connectivity index (χ2v) is 3.77. The second-order valence-electron chi connectivity index (χ2n) is 3.77. The van der Waals surface area contributed by atoms with Gasteiger partial charge in [-0.1, -0.05) is 18.2 Å². The van der Waals surface area contributed by atoms with Crippen LogP contribution in [0.5, 0.6) is 0 Å². The lowest BCUT2D eigenvalue weighted by Crippen LogP contribution is -2.25. The van der Waals surface area contributed by atoms with Crippen molar-refractivity contribution in [3.05, 3.63) is 47.5 Å². The average molecular weight is 209 g/mol. The van der Waals surface area contributed by atoms with Crippen molar-refractivity contribution in [2.45, 2.75) is 25.4 Å². The minimum atomic E-state index is -0.790. The van der Waals surface area contributed by atoms with Gasteiger partial charge < -0.3 is 5.32 Å². The zero-order valence-corrected chi connectivity index (χ0v) is 8.34. The summed E-state index contributed by atoms with van der Waals surface area (Å²) in [4.78, 5) is 0. The van der Waals surface area contributed by atoms with Gasteiger partial charge in [0.05, 0.1) is 0 Å². The third-order valence-electron chi connectivity index (χ3n) is 2.59. The van der Waals surface area contributed by atoms with E-state index in [0.29, 0.717) is 12.6 Å². The van der Waals surface area contributed by atoms with Gasteiger partial charge in [-0.05, 0) is 30.5 Å². The Labute approximate surface area is 87.8 Å². The molecule has 0 radical (unpaired) electrons. The molecule has 0 fully saturated rings. The first-order valence-corrected chi connectivity index (χ1v) is 5.08. The molecule has 0 aromatic heterocycles. The summed E-state index contributed by atoms with van der Waals surface area (Å²) in [6.07, 6.45) is 6.29. The number of hydrogen-bond donors (Lipinski definition) is 1. The van der Waals surface area contributed by atoms with Crippen molar-refractivity contribution in [3.8, 4) is 0 Å². The topological polar surface area (TPSA) is 12.0 Å². The van der Waals surface area contributed by atoms with Crippen LogP contribution in [0.15, 0.2) is 30.4 Å². The van der Waals surface area contributed by atoms with Crippen LogP contribution in [0.2, 0.25) is 0 Å². The van der Waals surface area contributed by atoms with Gasteiger partial charge in [0.2, 0.25) is 0 Å². The van der Waals surface area contributed by atoms with Crippen LogP contribution in [-0.4, -0.2) is 6.04 Å². The zero-order chi connectivity index (χ0) is 10.7. The molecule has 2 rings (SSSR count). The summed E-state index contributed by atoms with van der Waals surface area (Å²) in [5.74, 6) is -1.57. The Morgan fingerprint density at radius 1 is 1.13 bits per heavy atom. The fraction of sp³-hybridized carbons (Fsp3) is 0.333. The predicted octanol–water partition coefficient (Wildman–Crippen LogP) is 2.77. The maximum absolute atomic E-state index is 12.9. The molecule has 1 nitrogen and oxygen atoms in total. The summed E-state index contributed by atoms with van der Waals surface area (Å²) in [7, 11) is 0. The molecule has 0 heterocycles. The van der Waals surface area contributed by atoms with E-state index in [9.17, 15) is 8.78 Å². The molecule has 80 valence electrons. The molecule has 1 N–H and O–H groups in total. The molecular formula is C12H13F2N. The second kappa shape index (κ2) is 4.53. The first-order chi connectivity index (χ1) is 7.25. The number of nitrogens with one attached hydrogen (secondary N) is 1. The molecule has 0 bridgehead atoms. The highest BCUT2D eigenvalue weighted by Crippen LogP contribution is 2.12. The molecule has 0 aliphatic heterocycles. The normalized spacial score (nSPS) is 16.1. The Morgan fingerprint density at radius 2 is 1.87 bits per heavy atom. The largest absolute Gasteiger partial charge is 0.309 e. The van der Waals surface area contributed by atoms with Crippen molar-refractivity contribution in [1.29, 1.82) is 0 Å². The third kappa shape index (κ3) is 2.63. The van der Waals surface area contributed by atoms with Crippen LogP contribution in [0, 0.1) is 11.6 Å². The Hall–Kier alpha value is -1.22. The van der Waals surface area contributed by atoms with E-state index in [0.717, 1.165) is 18.4 Å². The van der Waals surface area contributed by atoms with E-state index < -0.39 is 11.6 Å². The van der Waals surface area contributed by atoms with Gasteiger partial charge in [-0.15, -0.1) is 0 Å². The summed E-state index contributed by atoms with van der Waals surface area (Å²) >= 11 is 0. The Kier molecular flexibility index (Phi) is 3.11. The Balaban J connectivity index is 1.90. The quantitative estimate of drug-likeness (QED) is 0.755. The van der Waals surface area contributed by atoms with Crippen LogP contribution in [-0.2, 0) is 6.54 Å². The summed E-state index contributed by atoms with van der Waals surface area (Å²) < 4.78 is 25.5. The zero-order valence-electron chi connectivity index (χ0n) is 8.34. The van der Waals surface area contributed by atoms with Gasteiger partial charge in [-0.25, -0.2) is 8.78 Å². The van der Waals surface area contributed by atoms with Crippen molar-refractivity contribution < 1.29 is 8.78 Å². The molecule has 0 spiro atoms. The minimum Gasteiger partial charge on any atom is -0.309 e. The first-order valence-electron chi connectivity index (χ1n) is 5.08. The van der Waals surface area contributed by atoms with E-state index >= 15 is 0 Å². The molecule has 0 amide bonds. The maximum atomic E-state index is 12.9. The molecule has 3 heteroatoms. The van der Waals surface area contributed by atoms with Gasteiger partial charge in [0, 0.05) is 12.6 Å². The lowest BCUT2D eigenvalue weighted by Gasteiger charge is -2.11. The lowest BCUT2D eigenvalue weighted by molar-refractivity contribution is 0.501. The number of hydrogen-bond acceptors (Lipinski definition) is 1. The monoisotopic (exact) mass is 209 g/mol. The Morgan fingerprint density at radius 3 is 2.53 bits per heavy atom. The van der Waals surface area contributed by atoms with Gasteiger partial charge in [-0.2, -0.15) is 0 Å². The van der Waals surface area contributed by atoms with Crippen LogP contribution in [0.4, 0.5) is 8.78 Å². The van der Waals surface area contributed by atoms with Crippen molar-refractivity contribution in [1.82, 2.24) is 5.32 Å². The van der Waals surface area contributed by atoms with Crippen LogP contribution in [0.25, 0.3) is 0 Å². The van der Waals surface area contributed by atoms with Crippen LogP contribution in [0.3, 0.4) is 0 Å². The molecule has 1 aliphatic rings. The molecule has 1 aromatic carbocycles. The number of halogens is 2. The van der Waals surface area contributed by atoms with Gasteiger partial charge in [-0.3, -0.25) is 0 Å². The molecule has 0 saturated heterocycles. The summed E-state index contributed by atoms with van der Waals surface area (Å²) in [5.41, 5.74) is 0.779.